The van der Waals surface area contributed by atoms with E-state index in [2.05, 4.69) is 23.8 Å². The molecule has 0 saturated carbocycles. The molecule has 0 N–H and O–H groups in total. The van der Waals surface area contributed by atoms with Gasteiger partial charge in [0.2, 0.25) is 0 Å². The fraction of sp³-hybridized carbons (Fsp3) is 0.789. The Balaban J connectivity index is -0.000000361. The Bertz CT molecular complexity index is 244. The molecule has 0 unspecified atom stereocenters. The number of hydrogen-bond donors (Lipinski definition) is 0. The van der Waals surface area contributed by atoms with Gasteiger partial charge in [-0.1, -0.05) is 87.0 Å². The Morgan fingerprint density at radius 1 is 0.810 bits per heavy atom. The molecular weight excluding hydrogens is 379 g/mol. The average molecular weight is 418 g/mol. The van der Waals surface area contributed by atoms with Gasteiger partial charge < -0.3 is 0 Å². The smallest absolute Gasteiger partial charge is 0.0445 e. The molecule has 0 amide bonds. The second kappa shape index (κ2) is 22.8. The van der Waals surface area contributed by atoms with Crippen LogP contribution in [0.3, 0.4) is 0 Å². The van der Waals surface area contributed by atoms with Crippen molar-refractivity contribution in [2.24, 2.45) is 0 Å². The van der Waals surface area contributed by atoms with E-state index in [1.807, 2.05) is 0 Å². The Labute approximate surface area is 157 Å². The topological polar surface area (TPSA) is 0 Å². The van der Waals surface area contributed by atoms with E-state index in [1.165, 1.54) is 76.2 Å². The van der Waals surface area contributed by atoms with Crippen molar-refractivity contribution in [1.29, 1.82) is 0 Å². The molecule has 0 saturated heterocycles. The van der Waals surface area contributed by atoms with Crippen LogP contribution >= 0.6 is 11.3 Å². The summed E-state index contributed by atoms with van der Waals surface area (Å²) in [7, 11) is 0. The Kier molecular flexibility index (Phi) is 32.0. The van der Waals surface area contributed by atoms with Crippen molar-refractivity contribution in [3.63, 3.8) is 0 Å². The molecule has 0 spiro atoms. The van der Waals surface area contributed by atoms with Gasteiger partial charge in [-0.25, -0.2) is 0 Å². The zero-order valence-electron chi connectivity index (χ0n) is 11.8. The predicted octanol–water partition coefficient (Wildman–Crippen LogP) is 7.54. The van der Waals surface area contributed by atoms with E-state index in [9.17, 15) is 0 Å². The van der Waals surface area contributed by atoms with Crippen molar-refractivity contribution in [3.05, 3.63) is 22.4 Å². The SMILES string of the molecule is C.C.C.CCCCCCCCCCCCc1c[c]sc1.[Sn]. The Morgan fingerprint density at radius 2 is 1.29 bits per heavy atom. The summed E-state index contributed by atoms with van der Waals surface area (Å²) in [6.07, 6.45) is 15.5. The van der Waals surface area contributed by atoms with Crippen LogP contribution in [-0.2, 0) is 6.42 Å². The second-order valence-corrected chi connectivity index (χ2v) is 5.71. The molecule has 0 aliphatic carbocycles. The molecule has 2 heteroatoms. The van der Waals surface area contributed by atoms with E-state index >= 15 is 0 Å². The van der Waals surface area contributed by atoms with E-state index in [0.717, 1.165) is 0 Å². The fourth-order valence-corrected chi connectivity index (χ4v) is 2.83. The van der Waals surface area contributed by atoms with E-state index in [0.29, 0.717) is 0 Å². The molecule has 0 aromatic carbocycles. The van der Waals surface area contributed by atoms with E-state index in [4.69, 9.17) is 0 Å². The van der Waals surface area contributed by atoms with Crippen LogP contribution in [0.2, 0.25) is 0 Å². The minimum atomic E-state index is 0. The zero-order chi connectivity index (χ0) is 12.2. The van der Waals surface area contributed by atoms with Gasteiger partial charge in [-0.05, 0) is 29.9 Å². The summed E-state index contributed by atoms with van der Waals surface area (Å²) in [4.78, 5) is 0. The van der Waals surface area contributed by atoms with Gasteiger partial charge in [-0.3, -0.25) is 0 Å². The summed E-state index contributed by atoms with van der Waals surface area (Å²) in [5, 5.41) is 5.39. The van der Waals surface area contributed by atoms with Crippen LogP contribution in [0, 0.1) is 5.38 Å². The second-order valence-electron chi connectivity index (χ2n) is 5.00. The molecule has 1 aromatic heterocycles. The average Bonchev–Trinajstić information content (AvgIpc) is 2.85. The molecule has 5 radical (unpaired) electrons. The van der Waals surface area contributed by atoms with Gasteiger partial charge >= 0.3 is 0 Å². The molecule has 1 aromatic rings. The van der Waals surface area contributed by atoms with Crippen molar-refractivity contribution in [3.8, 4) is 0 Å². The minimum Gasteiger partial charge on any atom is -0.143 e. The first-order valence-corrected chi connectivity index (χ1v) is 8.25. The third kappa shape index (κ3) is 18.5. The predicted molar refractivity (Wildman–Crippen MR) is 105 cm³/mol. The summed E-state index contributed by atoms with van der Waals surface area (Å²) in [5.41, 5.74) is 1.48. The van der Waals surface area contributed by atoms with E-state index in [1.54, 1.807) is 11.3 Å². The first-order chi connectivity index (χ1) is 8.43. The standard InChI is InChI=1S/C16H27S.3CH4.Sn/c1-2-3-4-5-6-7-8-9-10-11-12-16-13-14-17-15-16;;;;/h13,15H,2-12H2,1H3;3*1H4;. The molecule has 1 rings (SSSR count). The van der Waals surface area contributed by atoms with Crippen molar-refractivity contribution < 1.29 is 0 Å². The molecular formula is C19H39SSn. The largest absolute Gasteiger partial charge is 0.143 e. The van der Waals surface area contributed by atoms with Crippen LogP contribution in [0.25, 0.3) is 0 Å². The monoisotopic (exact) mass is 419 g/mol. The molecule has 0 aliphatic rings. The molecule has 0 bridgehead atoms. The van der Waals surface area contributed by atoms with Crippen molar-refractivity contribution in [2.75, 3.05) is 0 Å². The summed E-state index contributed by atoms with van der Waals surface area (Å²) in [6, 6.07) is 2.14. The summed E-state index contributed by atoms with van der Waals surface area (Å²) in [5.74, 6) is 0. The first kappa shape index (κ1) is 29.5. The van der Waals surface area contributed by atoms with Crippen LogP contribution in [0.1, 0.15) is 99.0 Å². The summed E-state index contributed by atoms with van der Waals surface area (Å²) >= 11 is 1.70. The molecule has 125 valence electrons. The van der Waals surface area contributed by atoms with Crippen LogP contribution in [-0.4, -0.2) is 23.9 Å². The Morgan fingerprint density at radius 3 is 1.71 bits per heavy atom. The van der Waals surface area contributed by atoms with Crippen molar-refractivity contribution in [2.45, 2.75) is 99.8 Å². The quantitative estimate of drug-likeness (QED) is 0.257. The third-order valence-electron chi connectivity index (χ3n) is 3.34. The van der Waals surface area contributed by atoms with Crippen LogP contribution in [0.15, 0.2) is 11.4 Å². The first-order valence-electron chi connectivity index (χ1n) is 7.37. The summed E-state index contributed by atoms with van der Waals surface area (Å²) < 4.78 is 0. The molecule has 21 heavy (non-hydrogen) atoms. The fourth-order valence-electron chi connectivity index (χ4n) is 2.20. The van der Waals surface area contributed by atoms with Gasteiger partial charge in [0.1, 0.15) is 0 Å². The van der Waals surface area contributed by atoms with Crippen LogP contribution < -0.4 is 0 Å². The van der Waals surface area contributed by atoms with E-state index < -0.39 is 0 Å². The zero-order valence-corrected chi connectivity index (χ0v) is 15.5. The number of hydrogen-bond acceptors (Lipinski definition) is 1. The maximum absolute atomic E-state index is 3.16. The van der Waals surface area contributed by atoms with Gasteiger partial charge in [-0.15, -0.1) is 11.3 Å². The minimum absolute atomic E-state index is 0. The number of rotatable bonds is 11. The van der Waals surface area contributed by atoms with Gasteiger partial charge in [0.05, 0.1) is 0 Å². The van der Waals surface area contributed by atoms with Crippen LogP contribution in [0.5, 0.6) is 0 Å². The number of thiophene rings is 1. The van der Waals surface area contributed by atoms with Gasteiger partial charge in [0, 0.05) is 29.3 Å². The van der Waals surface area contributed by atoms with Crippen molar-refractivity contribution in [1.82, 2.24) is 0 Å². The maximum atomic E-state index is 3.16. The normalized spacial score (nSPS) is 8.81. The molecule has 0 fully saturated rings. The van der Waals surface area contributed by atoms with Gasteiger partial charge in [0.15, 0.2) is 0 Å². The van der Waals surface area contributed by atoms with Crippen LogP contribution in [0.4, 0.5) is 0 Å². The van der Waals surface area contributed by atoms with Gasteiger partial charge in [0.25, 0.3) is 0 Å². The Hall–Kier alpha value is 0.499. The molecule has 1 heterocycles. The molecule has 0 aliphatic heterocycles. The van der Waals surface area contributed by atoms with Crippen molar-refractivity contribution >= 4 is 35.2 Å². The molecule has 0 nitrogen and oxygen atoms in total. The maximum Gasteiger partial charge on any atom is 0.0445 e. The number of aryl methyl sites for hydroxylation is 1. The van der Waals surface area contributed by atoms with Gasteiger partial charge in [-0.2, -0.15) is 0 Å². The summed E-state index contributed by atoms with van der Waals surface area (Å²) in [6.45, 7) is 2.28. The molecule has 0 atom stereocenters. The number of unbranched alkanes of at least 4 members (excludes halogenated alkanes) is 9. The third-order valence-corrected chi connectivity index (χ3v) is 4.02. The van der Waals surface area contributed by atoms with E-state index in [-0.39, 0.29) is 46.2 Å².